The summed E-state index contributed by atoms with van der Waals surface area (Å²) in [5.74, 6) is -0.242. The molecular weight excluding hydrogens is 416 g/mol. The van der Waals surface area contributed by atoms with Crippen LogP contribution in [0.25, 0.3) is 22.6 Å². The van der Waals surface area contributed by atoms with Crippen LogP contribution in [0.4, 0.5) is 5.69 Å². The van der Waals surface area contributed by atoms with Gasteiger partial charge in [-0.25, -0.2) is 18.4 Å². The van der Waals surface area contributed by atoms with E-state index in [0.29, 0.717) is 22.7 Å². The molecule has 0 spiro atoms. The zero-order valence-corrected chi connectivity index (χ0v) is 17.4. The number of benzene rings is 2. The third-order valence-electron chi connectivity index (χ3n) is 4.60. The number of nitriles is 1. The van der Waals surface area contributed by atoms with Crippen LogP contribution < -0.4 is 5.32 Å². The number of hydrogen-bond acceptors (Lipinski definition) is 7. The Bertz CT molecular complexity index is 1480. The van der Waals surface area contributed by atoms with Gasteiger partial charge < -0.3 is 9.73 Å². The fourth-order valence-corrected chi connectivity index (χ4v) is 3.90. The summed E-state index contributed by atoms with van der Waals surface area (Å²) < 4.78 is 29.8. The highest BCUT2D eigenvalue weighted by atomic mass is 32.2. The van der Waals surface area contributed by atoms with Gasteiger partial charge in [0.05, 0.1) is 11.1 Å². The Balaban J connectivity index is 1.69. The number of aromatic nitrogens is 2. The standard InChI is InChI=1S/C22H16N4O4S/c1-13-5-3-4-6-16(13)21-26-18-10-15(7-8-19(18)30-21)25-20(27)17-9-14(11-23)12-24-22(17)31(2,28)29/h3-10,12H,1-2H3,(H,25,27). The number of pyridine rings is 1. The average Bonchev–Trinajstić information content (AvgIpc) is 3.16. The molecule has 2 heterocycles. The van der Waals surface area contributed by atoms with Gasteiger partial charge in [-0.1, -0.05) is 18.2 Å². The normalized spacial score (nSPS) is 11.3. The molecule has 4 rings (SSSR count). The molecule has 0 radical (unpaired) electrons. The second-order valence-corrected chi connectivity index (χ2v) is 8.86. The molecule has 0 saturated heterocycles. The molecule has 0 aliphatic heterocycles. The maximum Gasteiger partial charge on any atom is 0.258 e. The maximum atomic E-state index is 12.8. The lowest BCUT2D eigenvalue weighted by molar-refractivity contribution is 0.102. The smallest absolute Gasteiger partial charge is 0.258 e. The van der Waals surface area contributed by atoms with Crippen LogP contribution in [0.1, 0.15) is 21.5 Å². The summed E-state index contributed by atoms with van der Waals surface area (Å²) in [6, 6.07) is 15.6. The van der Waals surface area contributed by atoms with Gasteiger partial charge in [-0.2, -0.15) is 5.26 Å². The number of fused-ring (bicyclic) bond motifs is 1. The van der Waals surface area contributed by atoms with Crippen molar-refractivity contribution in [2.24, 2.45) is 0 Å². The van der Waals surface area contributed by atoms with Crippen molar-refractivity contribution in [1.29, 1.82) is 5.26 Å². The molecule has 0 aliphatic rings. The Hall–Kier alpha value is -4.03. The molecule has 1 amide bonds. The molecule has 0 fully saturated rings. The van der Waals surface area contributed by atoms with Gasteiger partial charge in [0, 0.05) is 23.7 Å². The number of amides is 1. The highest BCUT2D eigenvalue weighted by Gasteiger charge is 2.22. The number of carbonyl (C=O) groups is 1. The van der Waals surface area contributed by atoms with Crippen molar-refractivity contribution in [2.45, 2.75) is 11.9 Å². The number of oxazole rings is 1. The fourth-order valence-electron chi connectivity index (χ4n) is 3.10. The maximum absolute atomic E-state index is 12.8. The van der Waals surface area contributed by atoms with Gasteiger partial charge in [0.2, 0.25) is 5.89 Å². The molecular formula is C22H16N4O4S. The third-order valence-corrected chi connectivity index (χ3v) is 5.62. The number of hydrogen-bond donors (Lipinski definition) is 1. The molecule has 2 aromatic heterocycles. The quantitative estimate of drug-likeness (QED) is 0.521. The predicted molar refractivity (Wildman–Crippen MR) is 114 cm³/mol. The number of anilines is 1. The van der Waals surface area contributed by atoms with Crippen LogP contribution in [0.2, 0.25) is 0 Å². The van der Waals surface area contributed by atoms with Crippen molar-refractivity contribution in [3.8, 4) is 17.5 Å². The fraction of sp³-hybridized carbons (Fsp3) is 0.0909. The molecule has 154 valence electrons. The van der Waals surface area contributed by atoms with E-state index in [-0.39, 0.29) is 11.1 Å². The summed E-state index contributed by atoms with van der Waals surface area (Å²) in [6.45, 7) is 1.96. The van der Waals surface area contributed by atoms with Crippen molar-refractivity contribution in [3.63, 3.8) is 0 Å². The first-order chi connectivity index (χ1) is 14.8. The molecule has 2 aromatic carbocycles. The van der Waals surface area contributed by atoms with Crippen molar-refractivity contribution >= 4 is 32.5 Å². The molecule has 0 aliphatic carbocycles. The zero-order chi connectivity index (χ0) is 22.2. The number of nitrogens with zero attached hydrogens (tertiary/aromatic N) is 3. The van der Waals surface area contributed by atoms with Crippen LogP contribution in [-0.4, -0.2) is 30.5 Å². The summed E-state index contributed by atoms with van der Waals surface area (Å²) in [4.78, 5) is 21.1. The minimum atomic E-state index is -3.77. The third kappa shape index (κ3) is 4.01. The number of carbonyl (C=O) groups excluding carboxylic acids is 1. The molecule has 4 aromatic rings. The highest BCUT2D eigenvalue weighted by Crippen LogP contribution is 2.28. The van der Waals surface area contributed by atoms with Crippen molar-refractivity contribution in [2.75, 3.05) is 11.6 Å². The van der Waals surface area contributed by atoms with Gasteiger partial charge in [-0.3, -0.25) is 4.79 Å². The minimum Gasteiger partial charge on any atom is -0.436 e. The van der Waals surface area contributed by atoms with Gasteiger partial charge in [0.1, 0.15) is 11.6 Å². The number of sulfone groups is 1. The molecule has 1 N–H and O–H groups in total. The molecule has 31 heavy (non-hydrogen) atoms. The van der Waals surface area contributed by atoms with Gasteiger partial charge in [0.25, 0.3) is 5.91 Å². The van der Waals surface area contributed by atoms with E-state index in [4.69, 9.17) is 9.68 Å². The Morgan fingerprint density at radius 2 is 1.94 bits per heavy atom. The lowest BCUT2D eigenvalue weighted by atomic mass is 10.1. The minimum absolute atomic E-state index is 0.0763. The zero-order valence-electron chi connectivity index (χ0n) is 16.6. The van der Waals surface area contributed by atoms with Crippen LogP contribution in [0, 0.1) is 18.3 Å². The Labute approximate surface area is 178 Å². The monoisotopic (exact) mass is 432 g/mol. The first-order valence-electron chi connectivity index (χ1n) is 9.14. The Morgan fingerprint density at radius 1 is 1.16 bits per heavy atom. The van der Waals surface area contributed by atoms with E-state index in [1.54, 1.807) is 18.2 Å². The lowest BCUT2D eigenvalue weighted by Gasteiger charge is -2.08. The predicted octanol–water partition coefficient (Wildman–Crippen LogP) is 3.73. The summed E-state index contributed by atoms with van der Waals surface area (Å²) in [5, 5.41) is 11.3. The van der Waals surface area contributed by atoms with Crippen LogP contribution in [0.3, 0.4) is 0 Å². The average molecular weight is 432 g/mol. The number of rotatable bonds is 4. The number of nitrogens with one attached hydrogen (secondary N) is 1. The summed E-state index contributed by atoms with van der Waals surface area (Å²) in [6.07, 6.45) is 2.06. The summed E-state index contributed by atoms with van der Waals surface area (Å²) in [7, 11) is -3.77. The van der Waals surface area contributed by atoms with Crippen LogP contribution in [0.15, 0.2) is 64.2 Å². The van der Waals surface area contributed by atoms with Gasteiger partial charge in [0.15, 0.2) is 20.4 Å². The largest absolute Gasteiger partial charge is 0.436 e. The van der Waals surface area contributed by atoms with Crippen molar-refractivity contribution < 1.29 is 17.6 Å². The van der Waals surface area contributed by atoms with Crippen LogP contribution in [-0.2, 0) is 9.84 Å². The van der Waals surface area contributed by atoms with E-state index in [0.717, 1.165) is 23.6 Å². The molecule has 9 heteroatoms. The van der Waals surface area contributed by atoms with E-state index in [9.17, 15) is 13.2 Å². The molecule has 8 nitrogen and oxygen atoms in total. The van der Waals surface area contributed by atoms with Crippen LogP contribution >= 0.6 is 0 Å². The number of aryl methyl sites for hydroxylation is 1. The summed E-state index contributed by atoms with van der Waals surface area (Å²) >= 11 is 0. The highest BCUT2D eigenvalue weighted by molar-refractivity contribution is 7.90. The molecule has 0 unspecified atom stereocenters. The van der Waals surface area contributed by atoms with Crippen molar-refractivity contribution in [3.05, 3.63) is 71.4 Å². The van der Waals surface area contributed by atoms with Crippen molar-refractivity contribution in [1.82, 2.24) is 9.97 Å². The molecule has 0 bridgehead atoms. The first-order valence-corrected chi connectivity index (χ1v) is 11.0. The van der Waals surface area contributed by atoms with Gasteiger partial charge in [-0.05, 0) is 42.8 Å². The molecule has 0 saturated carbocycles. The van der Waals surface area contributed by atoms with Crippen LogP contribution in [0.5, 0.6) is 0 Å². The van der Waals surface area contributed by atoms with E-state index in [1.807, 2.05) is 37.3 Å². The lowest BCUT2D eigenvalue weighted by Crippen LogP contribution is -2.17. The molecule has 0 atom stereocenters. The van der Waals surface area contributed by atoms with Gasteiger partial charge in [-0.15, -0.1) is 0 Å². The summed E-state index contributed by atoms with van der Waals surface area (Å²) in [5.41, 5.74) is 3.21. The SMILES string of the molecule is Cc1ccccc1-c1nc2cc(NC(=O)c3cc(C#N)cnc3S(C)(=O)=O)ccc2o1. The first kappa shape index (κ1) is 20.3. The van der Waals surface area contributed by atoms with E-state index >= 15 is 0 Å². The van der Waals surface area contributed by atoms with Gasteiger partial charge >= 0.3 is 0 Å². The van der Waals surface area contributed by atoms with E-state index in [2.05, 4.69) is 15.3 Å². The Kier molecular flexibility index (Phi) is 5.01. The Morgan fingerprint density at radius 3 is 2.65 bits per heavy atom. The second-order valence-electron chi connectivity index (χ2n) is 6.93. The second kappa shape index (κ2) is 7.66. The topological polar surface area (TPSA) is 126 Å². The van der Waals surface area contributed by atoms with E-state index in [1.165, 1.54) is 6.07 Å². The van der Waals surface area contributed by atoms with E-state index < -0.39 is 20.8 Å².